The predicted octanol–water partition coefficient (Wildman–Crippen LogP) is 4.88. The first kappa shape index (κ1) is 20.7. The summed E-state index contributed by atoms with van der Waals surface area (Å²) in [5.41, 5.74) is 3.18. The fraction of sp³-hybridized carbons (Fsp3) is 0.167. The summed E-state index contributed by atoms with van der Waals surface area (Å²) in [5, 5.41) is 5.57. The van der Waals surface area contributed by atoms with Crippen LogP contribution in [0.1, 0.15) is 28.4 Å². The van der Waals surface area contributed by atoms with Crippen LogP contribution < -0.4 is 10.6 Å². The van der Waals surface area contributed by atoms with Gasteiger partial charge in [-0.25, -0.2) is 0 Å². The van der Waals surface area contributed by atoms with E-state index in [1.54, 1.807) is 30.0 Å². The molecule has 0 aromatic heterocycles. The van der Waals surface area contributed by atoms with Crippen molar-refractivity contribution in [1.29, 1.82) is 0 Å². The van der Waals surface area contributed by atoms with E-state index in [9.17, 15) is 9.59 Å². The van der Waals surface area contributed by atoms with Crippen molar-refractivity contribution in [2.24, 2.45) is 0 Å². The van der Waals surface area contributed by atoms with Crippen LogP contribution in [-0.4, -0.2) is 17.1 Å². The van der Waals surface area contributed by atoms with Crippen molar-refractivity contribution in [3.05, 3.63) is 102 Å². The molecule has 2 amide bonds. The molecule has 5 heteroatoms. The van der Waals surface area contributed by atoms with Crippen LogP contribution in [0.4, 0.5) is 5.69 Å². The van der Waals surface area contributed by atoms with Crippen LogP contribution in [0.15, 0.2) is 84.9 Å². The third-order valence-electron chi connectivity index (χ3n) is 4.44. The SMILES string of the molecule is C[C@@H](SCc1ccccc1)C(=O)Nc1ccccc1C(=O)NCc1ccccc1. The fourth-order valence-electron chi connectivity index (χ4n) is 2.77. The minimum absolute atomic E-state index is 0.116. The number of amides is 2. The lowest BCUT2D eigenvalue weighted by Gasteiger charge is -2.15. The van der Waals surface area contributed by atoms with Crippen LogP contribution >= 0.6 is 11.8 Å². The van der Waals surface area contributed by atoms with E-state index < -0.39 is 0 Å². The Balaban J connectivity index is 1.59. The fourth-order valence-corrected chi connectivity index (χ4v) is 3.61. The normalized spacial score (nSPS) is 11.5. The first-order valence-electron chi connectivity index (χ1n) is 9.51. The number of thioether (sulfide) groups is 1. The van der Waals surface area contributed by atoms with Gasteiger partial charge in [0.15, 0.2) is 0 Å². The zero-order valence-corrected chi connectivity index (χ0v) is 17.1. The average Bonchev–Trinajstić information content (AvgIpc) is 2.77. The number of anilines is 1. The Labute approximate surface area is 175 Å². The van der Waals surface area contributed by atoms with E-state index in [0.29, 0.717) is 17.8 Å². The molecule has 0 heterocycles. The lowest BCUT2D eigenvalue weighted by molar-refractivity contribution is -0.115. The van der Waals surface area contributed by atoms with E-state index in [-0.39, 0.29) is 17.1 Å². The summed E-state index contributed by atoms with van der Waals surface area (Å²) in [6.45, 7) is 2.31. The molecule has 148 valence electrons. The topological polar surface area (TPSA) is 58.2 Å². The van der Waals surface area contributed by atoms with Crippen LogP contribution in [0.3, 0.4) is 0 Å². The number of nitrogens with one attached hydrogen (secondary N) is 2. The molecular weight excluding hydrogens is 380 g/mol. The summed E-state index contributed by atoms with van der Waals surface area (Å²) in [5.74, 6) is 0.429. The zero-order chi connectivity index (χ0) is 20.5. The summed E-state index contributed by atoms with van der Waals surface area (Å²) in [6.07, 6.45) is 0. The monoisotopic (exact) mass is 404 g/mol. The van der Waals surface area contributed by atoms with Crippen LogP contribution in [-0.2, 0) is 17.1 Å². The molecule has 0 fully saturated rings. The Morgan fingerprint density at radius 1 is 0.828 bits per heavy atom. The molecule has 0 spiro atoms. The largest absolute Gasteiger partial charge is 0.348 e. The molecule has 0 aliphatic heterocycles. The van der Waals surface area contributed by atoms with Gasteiger partial charge in [-0.15, -0.1) is 11.8 Å². The van der Waals surface area contributed by atoms with Gasteiger partial charge < -0.3 is 10.6 Å². The van der Waals surface area contributed by atoms with E-state index in [1.165, 1.54) is 5.56 Å². The number of rotatable bonds is 8. The van der Waals surface area contributed by atoms with Crippen LogP contribution in [0.2, 0.25) is 0 Å². The molecule has 0 saturated heterocycles. The quantitative estimate of drug-likeness (QED) is 0.563. The van der Waals surface area contributed by atoms with Gasteiger partial charge in [0.25, 0.3) is 5.91 Å². The van der Waals surface area contributed by atoms with E-state index >= 15 is 0 Å². The van der Waals surface area contributed by atoms with Crippen LogP contribution in [0, 0.1) is 0 Å². The van der Waals surface area contributed by atoms with Crippen molar-refractivity contribution in [3.8, 4) is 0 Å². The van der Waals surface area contributed by atoms with Crippen molar-refractivity contribution in [2.45, 2.75) is 24.5 Å². The molecule has 0 radical (unpaired) electrons. The molecule has 4 nitrogen and oxygen atoms in total. The highest BCUT2D eigenvalue weighted by Gasteiger charge is 2.17. The minimum Gasteiger partial charge on any atom is -0.348 e. The van der Waals surface area contributed by atoms with Gasteiger partial charge in [0.1, 0.15) is 0 Å². The second-order valence-electron chi connectivity index (χ2n) is 6.64. The summed E-state index contributed by atoms with van der Waals surface area (Å²) < 4.78 is 0. The number of hydrogen-bond acceptors (Lipinski definition) is 3. The summed E-state index contributed by atoms with van der Waals surface area (Å²) in [4.78, 5) is 25.3. The molecular formula is C24H24N2O2S. The summed E-state index contributed by atoms with van der Waals surface area (Å²) in [7, 11) is 0. The maximum absolute atomic E-state index is 12.6. The van der Waals surface area contributed by atoms with Gasteiger partial charge >= 0.3 is 0 Å². The van der Waals surface area contributed by atoms with Gasteiger partial charge in [0, 0.05) is 12.3 Å². The van der Waals surface area contributed by atoms with Crippen LogP contribution in [0.5, 0.6) is 0 Å². The molecule has 1 atom stereocenters. The van der Waals surface area contributed by atoms with E-state index in [0.717, 1.165) is 11.3 Å². The van der Waals surface area contributed by atoms with E-state index in [2.05, 4.69) is 10.6 Å². The Morgan fingerprint density at radius 2 is 1.41 bits per heavy atom. The maximum atomic E-state index is 12.6. The van der Waals surface area contributed by atoms with Gasteiger partial charge in [-0.2, -0.15) is 0 Å². The first-order valence-corrected chi connectivity index (χ1v) is 10.6. The highest BCUT2D eigenvalue weighted by Crippen LogP contribution is 2.21. The molecule has 3 rings (SSSR count). The highest BCUT2D eigenvalue weighted by atomic mass is 32.2. The average molecular weight is 405 g/mol. The first-order chi connectivity index (χ1) is 14.1. The summed E-state index contributed by atoms with van der Waals surface area (Å²) in [6, 6.07) is 26.8. The Bertz CT molecular complexity index is 945. The second-order valence-corrected chi connectivity index (χ2v) is 7.97. The van der Waals surface area contributed by atoms with Crippen molar-refractivity contribution >= 4 is 29.3 Å². The molecule has 0 bridgehead atoms. The van der Waals surface area contributed by atoms with Gasteiger partial charge in [0.2, 0.25) is 5.91 Å². The molecule has 3 aromatic carbocycles. The van der Waals surface area contributed by atoms with Gasteiger partial charge in [-0.3, -0.25) is 9.59 Å². The molecule has 29 heavy (non-hydrogen) atoms. The van der Waals surface area contributed by atoms with Crippen molar-refractivity contribution in [2.75, 3.05) is 5.32 Å². The summed E-state index contributed by atoms with van der Waals surface area (Å²) >= 11 is 1.57. The highest BCUT2D eigenvalue weighted by molar-refractivity contribution is 7.99. The standard InChI is InChI=1S/C24H24N2O2S/c1-18(29-17-20-12-6-3-7-13-20)23(27)26-22-15-9-8-14-21(22)24(28)25-16-19-10-4-2-5-11-19/h2-15,18H,16-17H2,1H3,(H,25,28)(H,26,27)/t18-/m1/s1. The third kappa shape index (κ3) is 6.22. The molecule has 2 N–H and O–H groups in total. The van der Waals surface area contributed by atoms with Crippen LogP contribution in [0.25, 0.3) is 0 Å². The predicted molar refractivity (Wildman–Crippen MR) is 120 cm³/mol. The van der Waals surface area contributed by atoms with Crippen molar-refractivity contribution in [3.63, 3.8) is 0 Å². The molecule has 0 unspecified atom stereocenters. The zero-order valence-electron chi connectivity index (χ0n) is 16.3. The van der Waals surface area contributed by atoms with Gasteiger partial charge in [-0.05, 0) is 30.2 Å². The van der Waals surface area contributed by atoms with Crippen molar-refractivity contribution in [1.82, 2.24) is 5.32 Å². The number of hydrogen-bond donors (Lipinski definition) is 2. The Kier molecular flexibility index (Phi) is 7.47. The maximum Gasteiger partial charge on any atom is 0.253 e. The van der Waals surface area contributed by atoms with Crippen molar-refractivity contribution < 1.29 is 9.59 Å². The minimum atomic E-state index is -0.240. The van der Waals surface area contributed by atoms with Gasteiger partial charge in [-0.1, -0.05) is 72.8 Å². The molecule has 0 aliphatic rings. The Hall–Kier alpha value is -3.05. The lowest BCUT2D eigenvalue weighted by Crippen LogP contribution is -2.27. The Morgan fingerprint density at radius 3 is 2.10 bits per heavy atom. The molecule has 0 saturated carbocycles. The number of benzene rings is 3. The number of carbonyl (C=O) groups excluding carboxylic acids is 2. The molecule has 0 aliphatic carbocycles. The smallest absolute Gasteiger partial charge is 0.253 e. The molecule has 3 aromatic rings. The lowest BCUT2D eigenvalue weighted by atomic mass is 10.1. The number of para-hydroxylation sites is 1. The van der Waals surface area contributed by atoms with Gasteiger partial charge in [0.05, 0.1) is 16.5 Å². The van der Waals surface area contributed by atoms with E-state index in [4.69, 9.17) is 0 Å². The number of carbonyl (C=O) groups is 2. The van der Waals surface area contributed by atoms with E-state index in [1.807, 2.05) is 73.7 Å². The second kappa shape index (κ2) is 10.5. The third-order valence-corrected chi connectivity index (χ3v) is 5.65.